The van der Waals surface area contributed by atoms with Crippen LogP contribution in [0.5, 0.6) is 0 Å². The minimum atomic E-state index is -0.606. The molecule has 126 valence electrons. The van der Waals surface area contributed by atoms with Gasteiger partial charge < -0.3 is 9.73 Å². The quantitative estimate of drug-likeness (QED) is 0.359. The van der Waals surface area contributed by atoms with Gasteiger partial charge in [0.25, 0.3) is 0 Å². The van der Waals surface area contributed by atoms with Crippen LogP contribution in [0.4, 0.5) is 11.6 Å². The van der Waals surface area contributed by atoms with Crippen LogP contribution in [0.25, 0.3) is 0 Å². The van der Waals surface area contributed by atoms with E-state index in [1.54, 1.807) is 0 Å². The summed E-state index contributed by atoms with van der Waals surface area (Å²) in [6, 6.07) is 8.86. The molecular weight excluding hydrogens is 328 g/mol. The first kappa shape index (κ1) is 17.6. The molecule has 0 saturated carbocycles. The molecule has 0 unspecified atom stereocenters. The fraction of sp³-hybridized carbons (Fsp3) is 0.250. The van der Waals surface area contributed by atoms with E-state index < -0.39 is 4.92 Å². The highest BCUT2D eigenvalue weighted by Crippen LogP contribution is 2.22. The number of hydrazone groups is 1. The van der Waals surface area contributed by atoms with Gasteiger partial charge in [-0.25, -0.2) is 0 Å². The zero-order valence-corrected chi connectivity index (χ0v) is 14.2. The summed E-state index contributed by atoms with van der Waals surface area (Å²) in [7, 11) is 0. The van der Waals surface area contributed by atoms with E-state index in [2.05, 4.69) is 41.8 Å². The summed E-state index contributed by atoms with van der Waals surface area (Å²) in [4.78, 5) is 9.93. The van der Waals surface area contributed by atoms with Gasteiger partial charge in [0, 0.05) is 5.69 Å². The largest absolute Gasteiger partial charge is 0.433 e. The van der Waals surface area contributed by atoms with Crippen molar-refractivity contribution < 1.29 is 9.34 Å². The maximum atomic E-state index is 10.5. The summed E-state index contributed by atoms with van der Waals surface area (Å²) >= 11 is 5.24. The van der Waals surface area contributed by atoms with E-state index in [0.717, 1.165) is 18.5 Å². The van der Waals surface area contributed by atoms with Gasteiger partial charge in [-0.1, -0.05) is 32.0 Å². The summed E-state index contributed by atoms with van der Waals surface area (Å²) in [6.45, 7) is 4.16. The van der Waals surface area contributed by atoms with Gasteiger partial charge in [0.05, 0.1) is 12.3 Å². The van der Waals surface area contributed by atoms with Crippen LogP contribution >= 0.6 is 12.2 Å². The van der Waals surface area contributed by atoms with Crippen molar-refractivity contribution in [1.29, 1.82) is 0 Å². The molecule has 24 heavy (non-hydrogen) atoms. The Morgan fingerprint density at radius 2 is 1.96 bits per heavy atom. The van der Waals surface area contributed by atoms with Crippen LogP contribution < -0.4 is 10.7 Å². The molecule has 0 bridgehead atoms. The predicted molar refractivity (Wildman–Crippen MR) is 97.5 cm³/mol. The topological polar surface area (TPSA) is 92.7 Å². The van der Waals surface area contributed by atoms with Crippen molar-refractivity contribution in [2.45, 2.75) is 26.7 Å². The molecule has 1 aromatic heterocycles. The zero-order chi connectivity index (χ0) is 17.5. The molecule has 0 aliphatic rings. The number of nitro groups is 1. The van der Waals surface area contributed by atoms with Crippen LogP contribution in [-0.4, -0.2) is 16.3 Å². The van der Waals surface area contributed by atoms with Crippen molar-refractivity contribution in [3.8, 4) is 0 Å². The summed E-state index contributed by atoms with van der Waals surface area (Å²) < 4.78 is 4.97. The molecule has 0 atom stereocenters. The maximum absolute atomic E-state index is 10.5. The van der Waals surface area contributed by atoms with Gasteiger partial charge in [0.2, 0.25) is 0 Å². The Hall–Kier alpha value is -2.74. The molecule has 2 N–H and O–H groups in total. The molecule has 0 aliphatic carbocycles. The van der Waals surface area contributed by atoms with Gasteiger partial charge in [0.15, 0.2) is 10.9 Å². The molecule has 8 heteroatoms. The van der Waals surface area contributed by atoms with E-state index >= 15 is 0 Å². The number of nitrogens with one attached hydrogen (secondary N) is 2. The minimum absolute atomic E-state index is 0.264. The second-order valence-electron chi connectivity index (χ2n) is 4.92. The Morgan fingerprint density at radius 1 is 1.29 bits per heavy atom. The third kappa shape index (κ3) is 4.39. The number of nitrogens with zero attached hydrogens (tertiary/aromatic N) is 2. The van der Waals surface area contributed by atoms with Crippen LogP contribution in [0.3, 0.4) is 0 Å². The summed E-state index contributed by atoms with van der Waals surface area (Å²) in [5, 5.41) is 18.0. The van der Waals surface area contributed by atoms with E-state index in [0.29, 0.717) is 5.11 Å². The van der Waals surface area contributed by atoms with Crippen molar-refractivity contribution in [2.75, 3.05) is 5.32 Å². The van der Waals surface area contributed by atoms with Crippen LogP contribution in [0, 0.1) is 10.1 Å². The highest BCUT2D eigenvalue weighted by atomic mass is 32.1. The van der Waals surface area contributed by atoms with Gasteiger partial charge in [-0.3, -0.25) is 15.5 Å². The molecule has 2 aromatic rings. The number of para-hydroxylation sites is 1. The predicted octanol–water partition coefficient (Wildman–Crippen LogP) is 3.63. The van der Waals surface area contributed by atoms with Crippen molar-refractivity contribution in [3.05, 3.63) is 57.3 Å². The Bertz CT molecular complexity index is 748. The SMILES string of the molecule is CCc1cccc(CC)c1NC(=S)N/N=C/c1ccc([N+](=O)[O-])o1. The molecule has 7 nitrogen and oxygen atoms in total. The molecule has 2 rings (SSSR count). The van der Waals surface area contributed by atoms with Crippen molar-refractivity contribution in [1.82, 2.24) is 5.43 Å². The zero-order valence-electron chi connectivity index (χ0n) is 13.4. The minimum Gasteiger partial charge on any atom is -0.400 e. The molecule has 0 amide bonds. The summed E-state index contributed by atoms with van der Waals surface area (Å²) in [5.41, 5.74) is 6.01. The number of hydrogen-bond donors (Lipinski definition) is 2. The Morgan fingerprint density at radius 3 is 2.50 bits per heavy atom. The summed E-state index contributed by atoms with van der Waals surface area (Å²) in [6.07, 6.45) is 3.10. The maximum Gasteiger partial charge on any atom is 0.433 e. The van der Waals surface area contributed by atoms with Crippen LogP contribution in [0.1, 0.15) is 30.7 Å². The Kier molecular flexibility index (Phi) is 6.02. The first-order valence-corrected chi connectivity index (χ1v) is 7.91. The van der Waals surface area contributed by atoms with E-state index in [4.69, 9.17) is 16.6 Å². The van der Waals surface area contributed by atoms with Gasteiger partial charge in [-0.05, 0) is 42.3 Å². The molecule has 0 radical (unpaired) electrons. The second-order valence-corrected chi connectivity index (χ2v) is 5.32. The van der Waals surface area contributed by atoms with Gasteiger partial charge in [0.1, 0.15) is 4.92 Å². The molecule has 0 saturated heterocycles. The first-order valence-electron chi connectivity index (χ1n) is 7.50. The lowest BCUT2D eigenvalue weighted by Crippen LogP contribution is -2.25. The van der Waals surface area contributed by atoms with Crippen LogP contribution in [-0.2, 0) is 12.8 Å². The standard InChI is InChI=1S/C16H18N4O3S/c1-3-11-6-5-7-12(4-2)15(11)18-16(24)19-17-10-13-8-9-14(23-13)20(21)22/h5-10H,3-4H2,1-2H3,(H2,18,19,24)/b17-10+. The normalized spacial score (nSPS) is 10.8. The third-order valence-electron chi connectivity index (χ3n) is 3.39. The van der Waals surface area contributed by atoms with E-state index in [1.807, 2.05) is 6.07 Å². The Balaban J connectivity index is 2.01. The van der Waals surface area contributed by atoms with Crippen LogP contribution in [0.2, 0.25) is 0 Å². The lowest BCUT2D eigenvalue weighted by atomic mass is 10.0. The van der Waals surface area contributed by atoms with Crippen molar-refractivity contribution >= 4 is 35.1 Å². The highest BCUT2D eigenvalue weighted by Gasteiger charge is 2.10. The van der Waals surface area contributed by atoms with E-state index in [-0.39, 0.29) is 11.6 Å². The first-order chi connectivity index (χ1) is 11.5. The molecular formula is C16H18N4O3S. The Labute approximate surface area is 144 Å². The molecule has 0 aliphatic heterocycles. The fourth-order valence-electron chi connectivity index (χ4n) is 2.21. The molecule has 0 fully saturated rings. The number of anilines is 1. The van der Waals surface area contributed by atoms with E-state index in [9.17, 15) is 10.1 Å². The molecule has 0 spiro atoms. The average Bonchev–Trinajstić information content (AvgIpc) is 3.04. The lowest BCUT2D eigenvalue weighted by Gasteiger charge is -2.15. The number of benzene rings is 1. The second kappa shape index (κ2) is 8.21. The van der Waals surface area contributed by atoms with Crippen molar-refractivity contribution in [2.24, 2.45) is 5.10 Å². The van der Waals surface area contributed by atoms with Gasteiger partial charge in [-0.15, -0.1) is 0 Å². The third-order valence-corrected chi connectivity index (χ3v) is 3.58. The number of hydrogen-bond acceptors (Lipinski definition) is 5. The van der Waals surface area contributed by atoms with Gasteiger partial charge in [-0.2, -0.15) is 5.10 Å². The number of thiocarbonyl (C=S) groups is 1. The smallest absolute Gasteiger partial charge is 0.400 e. The summed E-state index contributed by atoms with van der Waals surface area (Å²) in [5.74, 6) is -0.0678. The average molecular weight is 346 g/mol. The fourth-order valence-corrected chi connectivity index (χ4v) is 2.36. The number of rotatable bonds is 6. The molecule has 1 heterocycles. The monoisotopic (exact) mass is 346 g/mol. The highest BCUT2D eigenvalue weighted by molar-refractivity contribution is 7.80. The lowest BCUT2D eigenvalue weighted by molar-refractivity contribution is -0.402. The molecule has 1 aromatic carbocycles. The van der Waals surface area contributed by atoms with Crippen molar-refractivity contribution in [3.63, 3.8) is 0 Å². The number of furan rings is 1. The number of aryl methyl sites for hydroxylation is 2. The van der Waals surface area contributed by atoms with Crippen LogP contribution in [0.15, 0.2) is 39.9 Å². The van der Waals surface area contributed by atoms with Gasteiger partial charge >= 0.3 is 5.88 Å². The van der Waals surface area contributed by atoms with E-state index in [1.165, 1.54) is 29.5 Å².